The SMILES string of the molecule is CC(C)(C)OC(=O)CCN1CCOC(C)(c2ccc(O)cc2)C1. The first-order valence-electron chi connectivity index (χ1n) is 8.06. The highest BCUT2D eigenvalue weighted by Crippen LogP contribution is 2.30. The van der Waals surface area contributed by atoms with E-state index in [9.17, 15) is 9.90 Å². The summed E-state index contributed by atoms with van der Waals surface area (Å²) in [7, 11) is 0. The van der Waals surface area contributed by atoms with Gasteiger partial charge in [-0.05, 0) is 45.4 Å². The van der Waals surface area contributed by atoms with Gasteiger partial charge in [0.05, 0.1) is 13.0 Å². The highest BCUT2D eigenvalue weighted by molar-refractivity contribution is 5.70. The molecule has 1 saturated heterocycles. The molecule has 0 amide bonds. The highest BCUT2D eigenvalue weighted by atomic mass is 16.6. The van der Waals surface area contributed by atoms with Crippen LogP contribution in [0, 0.1) is 0 Å². The summed E-state index contributed by atoms with van der Waals surface area (Å²) in [5.41, 5.74) is 0.153. The zero-order valence-corrected chi connectivity index (χ0v) is 14.5. The Balaban J connectivity index is 1.93. The van der Waals surface area contributed by atoms with Crippen molar-refractivity contribution in [3.8, 4) is 5.75 Å². The van der Waals surface area contributed by atoms with Gasteiger partial charge in [0.2, 0.25) is 0 Å². The number of morpholine rings is 1. The molecule has 1 atom stereocenters. The number of carbonyl (C=O) groups excluding carboxylic acids is 1. The summed E-state index contributed by atoms with van der Waals surface area (Å²) in [5.74, 6) is 0.0743. The Morgan fingerprint density at radius 3 is 2.61 bits per heavy atom. The van der Waals surface area contributed by atoms with Gasteiger partial charge in [-0.25, -0.2) is 0 Å². The second kappa shape index (κ2) is 6.89. The van der Waals surface area contributed by atoms with E-state index in [2.05, 4.69) is 4.90 Å². The molecule has 5 nitrogen and oxygen atoms in total. The van der Waals surface area contributed by atoms with E-state index in [1.54, 1.807) is 12.1 Å². The van der Waals surface area contributed by atoms with Crippen LogP contribution in [-0.4, -0.2) is 47.8 Å². The van der Waals surface area contributed by atoms with Crippen LogP contribution in [0.25, 0.3) is 0 Å². The quantitative estimate of drug-likeness (QED) is 0.864. The number of ether oxygens (including phenoxy) is 2. The Morgan fingerprint density at radius 1 is 1.35 bits per heavy atom. The maximum absolute atomic E-state index is 11.9. The maximum Gasteiger partial charge on any atom is 0.307 e. The molecular formula is C18H27NO4. The van der Waals surface area contributed by atoms with Crippen LogP contribution in [0.5, 0.6) is 5.75 Å². The molecule has 0 spiro atoms. The number of benzene rings is 1. The number of carbonyl (C=O) groups is 1. The number of aromatic hydroxyl groups is 1. The molecule has 1 aliphatic rings. The zero-order chi connectivity index (χ0) is 17.1. The van der Waals surface area contributed by atoms with E-state index in [1.807, 2.05) is 39.8 Å². The van der Waals surface area contributed by atoms with Gasteiger partial charge in [0.1, 0.15) is 17.0 Å². The van der Waals surface area contributed by atoms with Crippen molar-refractivity contribution in [3.05, 3.63) is 29.8 Å². The zero-order valence-electron chi connectivity index (χ0n) is 14.5. The largest absolute Gasteiger partial charge is 0.508 e. The minimum absolute atomic E-state index is 0.171. The van der Waals surface area contributed by atoms with Crippen molar-refractivity contribution in [2.75, 3.05) is 26.2 Å². The van der Waals surface area contributed by atoms with Crippen molar-refractivity contribution in [1.82, 2.24) is 4.90 Å². The topological polar surface area (TPSA) is 59.0 Å². The lowest BCUT2D eigenvalue weighted by molar-refractivity contribution is -0.156. The van der Waals surface area contributed by atoms with E-state index in [0.29, 0.717) is 26.1 Å². The maximum atomic E-state index is 11.9. The van der Waals surface area contributed by atoms with E-state index in [4.69, 9.17) is 9.47 Å². The molecule has 1 unspecified atom stereocenters. The van der Waals surface area contributed by atoms with Gasteiger partial charge in [0.15, 0.2) is 0 Å². The predicted molar refractivity (Wildman–Crippen MR) is 88.3 cm³/mol. The van der Waals surface area contributed by atoms with Crippen LogP contribution in [-0.2, 0) is 19.9 Å². The minimum Gasteiger partial charge on any atom is -0.508 e. The van der Waals surface area contributed by atoms with Crippen LogP contribution in [0.2, 0.25) is 0 Å². The third kappa shape index (κ3) is 5.22. The second-order valence-electron chi connectivity index (χ2n) is 7.24. The van der Waals surface area contributed by atoms with E-state index >= 15 is 0 Å². The third-order valence-electron chi connectivity index (χ3n) is 3.88. The van der Waals surface area contributed by atoms with Crippen LogP contribution < -0.4 is 0 Å². The van der Waals surface area contributed by atoms with Crippen molar-refractivity contribution < 1.29 is 19.4 Å². The molecule has 0 saturated carbocycles. The molecular weight excluding hydrogens is 294 g/mol. The molecule has 5 heteroatoms. The number of esters is 1. The molecule has 128 valence electrons. The summed E-state index contributed by atoms with van der Waals surface area (Å²) in [6.07, 6.45) is 0.378. The lowest BCUT2D eigenvalue weighted by Gasteiger charge is -2.41. The first-order valence-corrected chi connectivity index (χ1v) is 8.06. The van der Waals surface area contributed by atoms with Gasteiger partial charge in [-0.1, -0.05) is 12.1 Å². The number of nitrogens with zero attached hydrogens (tertiary/aromatic N) is 1. The van der Waals surface area contributed by atoms with E-state index in [-0.39, 0.29) is 11.7 Å². The molecule has 2 rings (SSSR count). The molecule has 23 heavy (non-hydrogen) atoms. The van der Waals surface area contributed by atoms with Crippen LogP contribution in [0.1, 0.15) is 39.7 Å². The fourth-order valence-corrected chi connectivity index (χ4v) is 2.77. The van der Waals surface area contributed by atoms with E-state index < -0.39 is 11.2 Å². The summed E-state index contributed by atoms with van der Waals surface area (Å²) >= 11 is 0. The molecule has 1 heterocycles. The van der Waals surface area contributed by atoms with Crippen LogP contribution >= 0.6 is 0 Å². The molecule has 1 aromatic rings. The van der Waals surface area contributed by atoms with E-state index in [1.165, 1.54) is 0 Å². The van der Waals surface area contributed by atoms with Crippen molar-refractivity contribution in [1.29, 1.82) is 0 Å². The number of hydrogen-bond donors (Lipinski definition) is 1. The lowest BCUT2D eigenvalue weighted by Crippen LogP contribution is -2.48. The summed E-state index contributed by atoms with van der Waals surface area (Å²) < 4.78 is 11.3. The van der Waals surface area contributed by atoms with Gasteiger partial charge in [0, 0.05) is 19.6 Å². The summed E-state index contributed by atoms with van der Waals surface area (Å²) in [6.45, 7) is 10.5. The Morgan fingerprint density at radius 2 is 2.00 bits per heavy atom. The van der Waals surface area contributed by atoms with Gasteiger partial charge >= 0.3 is 5.97 Å². The molecule has 0 bridgehead atoms. The summed E-state index contributed by atoms with van der Waals surface area (Å²) in [5, 5.41) is 9.43. The van der Waals surface area contributed by atoms with Crippen molar-refractivity contribution in [3.63, 3.8) is 0 Å². The predicted octanol–water partition coefficient (Wildman–Crippen LogP) is 2.67. The summed E-state index contributed by atoms with van der Waals surface area (Å²) in [6, 6.07) is 7.10. The van der Waals surface area contributed by atoms with Crippen molar-refractivity contribution in [2.45, 2.75) is 45.3 Å². The molecule has 0 aromatic heterocycles. The minimum atomic E-state index is -0.442. The molecule has 0 aliphatic carbocycles. The van der Waals surface area contributed by atoms with Crippen LogP contribution in [0.4, 0.5) is 0 Å². The van der Waals surface area contributed by atoms with Crippen molar-refractivity contribution >= 4 is 5.97 Å². The molecule has 1 fully saturated rings. The standard InChI is InChI=1S/C18H27NO4/c1-17(2,3)23-16(21)9-10-19-11-12-22-18(4,13-19)14-5-7-15(20)8-6-14/h5-8,20H,9-13H2,1-4H3. The van der Waals surface area contributed by atoms with E-state index in [0.717, 1.165) is 12.1 Å². The number of phenols is 1. The lowest BCUT2D eigenvalue weighted by atomic mass is 9.93. The van der Waals surface area contributed by atoms with Gasteiger partial charge in [-0.15, -0.1) is 0 Å². The molecule has 1 aromatic carbocycles. The van der Waals surface area contributed by atoms with Crippen molar-refractivity contribution in [2.24, 2.45) is 0 Å². The monoisotopic (exact) mass is 321 g/mol. The molecule has 1 aliphatic heterocycles. The highest BCUT2D eigenvalue weighted by Gasteiger charge is 2.34. The average molecular weight is 321 g/mol. The number of hydrogen-bond acceptors (Lipinski definition) is 5. The second-order valence-corrected chi connectivity index (χ2v) is 7.24. The summed E-state index contributed by atoms with van der Waals surface area (Å²) in [4.78, 5) is 14.1. The van der Waals surface area contributed by atoms with Gasteiger partial charge in [-0.2, -0.15) is 0 Å². The Hall–Kier alpha value is -1.59. The third-order valence-corrected chi connectivity index (χ3v) is 3.88. The Bertz CT molecular complexity index is 535. The Labute approximate surface area is 138 Å². The first kappa shape index (κ1) is 17.8. The van der Waals surface area contributed by atoms with Gasteiger partial charge in [-0.3, -0.25) is 9.69 Å². The first-order chi connectivity index (χ1) is 10.7. The fraction of sp³-hybridized carbons (Fsp3) is 0.611. The number of rotatable bonds is 4. The average Bonchev–Trinajstić information content (AvgIpc) is 2.44. The smallest absolute Gasteiger partial charge is 0.307 e. The molecule has 1 N–H and O–H groups in total. The van der Waals surface area contributed by atoms with Crippen LogP contribution in [0.3, 0.4) is 0 Å². The number of phenolic OH excluding ortho intramolecular Hbond substituents is 1. The molecule has 0 radical (unpaired) electrons. The fourth-order valence-electron chi connectivity index (χ4n) is 2.77. The Kier molecular flexibility index (Phi) is 5.32. The van der Waals surface area contributed by atoms with Gasteiger partial charge < -0.3 is 14.6 Å². The normalized spacial score (nSPS) is 22.8. The van der Waals surface area contributed by atoms with Crippen LogP contribution in [0.15, 0.2) is 24.3 Å². The van der Waals surface area contributed by atoms with Gasteiger partial charge in [0.25, 0.3) is 0 Å².